The lowest BCUT2D eigenvalue weighted by atomic mass is 9.83. The van der Waals surface area contributed by atoms with Crippen LogP contribution in [0.3, 0.4) is 0 Å². The molecule has 0 saturated heterocycles. The molecule has 124 valence electrons. The summed E-state index contributed by atoms with van der Waals surface area (Å²) < 4.78 is 5.60. The molecule has 0 saturated carbocycles. The third kappa shape index (κ3) is 2.81. The van der Waals surface area contributed by atoms with E-state index in [1.807, 2.05) is 36.4 Å². The molecule has 4 heteroatoms. The van der Waals surface area contributed by atoms with Gasteiger partial charge in [0, 0.05) is 5.56 Å². The van der Waals surface area contributed by atoms with Crippen LogP contribution in [0.5, 0.6) is 5.75 Å². The molecule has 1 atom stereocenters. The Bertz CT molecular complexity index is 819. The fourth-order valence-electron chi connectivity index (χ4n) is 2.76. The molecular formula is C20H21NO3. The van der Waals surface area contributed by atoms with Crippen molar-refractivity contribution >= 4 is 11.5 Å². The first-order valence-corrected chi connectivity index (χ1v) is 7.85. The molecular weight excluding hydrogens is 302 g/mol. The number of hydrogen-bond donors (Lipinski definition) is 2. The van der Waals surface area contributed by atoms with Crippen molar-refractivity contribution in [1.29, 1.82) is 0 Å². The van der Waals surface area contributed by atoms with Crippen LogP contribution in [0.2, 0.25) is 0 Å². The summed E-state index contributed by atoms with van der Waals surface area (Å²) in [5.41, 5.74) is 7.75. The molecule has 0 aromatic heterocycles. The summed E-state index contributed by atoms with van der Waals surface area (Å²) in [6.45, 7) is 6.40. The third-order valence-electron chi connectivity index (χ3n) is 4.19. The molecule has 0 bridgehead atoms. The first-order valence-electron chi connectivity index (χ1n) is 7.85. The molecule has 3 rings (SSSR count). The molecule has 1 unspecified atom stereocenters. The SMILES string of the molecule is CC(C)(C)c1ccc2c(c1)C(c1ccccc1)=CC(N)(C(=O)O)O2. The molecule has 0 fully saturated rings. The van der Waals surface area contributed by atoms with E-state index in [9.17, 15) is 9.90 Å². The molecule has 0 amide bonds. The van der Waals surface area contributed by atoms with Gasteiger partial charge < -0.3 is 9.84 Å². The van der Waals surface area contributed by atoms with Gasteiger partial charge in [0.15, 0.2) is 0 Å². The lowest BCUT2D eigenvalue weighted by Crippen LogP contribution is -2.53. The summed E-state index contributed by atoms with van der Waals surface area (Å²) in [5.74, 6) is -0.740. The van der Waals surface area contributed by atoms with E-state index in [1.54, 1.807) is 6.07 Å². The Hall–Kier alpha value is -2.59. The maximum atomic E-state index is 11.6. The number of carboxylic acids is 1. The van der Waals surface area contributed by atoms with Crippen LogP contribution in [0, 0.1) is 0 Å². The number of fused-ring (bicyclic) bond motifs is 1. The first-order chi connectivity index (χ1) is 11.2. The quantitative estimate of drug-likeness (QED) is 0.886. The van der Waals surface area contributed by atoms with Gasteiger partial charge in [-0.25, -0.2) is 4.79 Å². The highest BCUT2D eigenvalue weighted by Crippen LogP contribution is 2.40. The fraction of sp³-hybridized carbons (Fsp3) is 0.250. The van der Waals surface area contributed by atoms with Gasteiger partial charge in [-0.05, 0) is 40.3 Å². The molecule has 24 heavy (non-hydrogen) atoms. The van der Waals surface area contributed by atoms with Gasteiger partial charge in [-0.1, -0.05) is 57.2 Å². The van der Waals surface area contributed by atoms with E-state index in [0.29, 0.717) is 5.75 Å². The van der Waals surface area contributed by atoms with Crippen LogP contribution in [0.4, 0.5) is 0 Å². The highest BCUT2D eigenvalue weighted by atomic mass is 16.5. The minimum atomic E-state index is -1.87. The average molecular weight is 323 g/mol. The second-order valence-electron chi connectivity index (χ2n) is 7.09. The number of benzene rings is 2. The molecule has 1 aliphatic heterocycles. The Labute approximate surface area is 141 Å². The molecule has 0 spiro atoms. The monoisotopic (exact) mass is 323 g/mol. The van der Waals surface area contributed by atoms with Crippen molar-refractivity contribution in [2.75, 3.05) is 0 Å². The van der Waals surface area contributed by atoms with Crippen LogP contribution in [0.1, 0.15) is 37.5 Å². The maximum Gasteiger partial charge on any atom is 0.368 e. The van der Waals surface area contributed by atoms with Crippen LogP contribution in [-0.4, -0.2) is 16.8 Å². The van der Waals surface area contributed by atoms with Crippen LogP contribution in [0.25, 0.3) is 5.57 Å². The van der Waals surface area contributed by atoms with Gasteiger partial charge >= 0.3 is 5.97 Å². The van der Waals surface area contributed by atoms with Gasteiger partial charge in [-0.3, -0.25) is 5.73 Å². The normalized spacial score (nSPS) is 19.9. The zero-order valence-corrected chi connectivity index (χ0v) is 14.0. The number of carboxylic acid groups (broad SMARTS) is 1. The summed E-state index contributed by atoms with van der Waals surface area (Å²) >= 11 is 0. The van der Waals surface area contributed by atoms with Gasteiger partial charge in [0.2, 0.25) is 0 Å². The highest BCUT2D eigenvalue weighted by molar-refractivity contribution is 5.91. The molecule has 2 aromatic rings. The molecule has 4 nitrogen and oxygen atoms in total. The minimum Gasteiger partial charge on any atom is -0.477 e. The summed E-state index contributed by atoms with van der Waals surface area (Å²) in [7, 11) is 0. The first kappa shape index (κ1) is 16.3. The lowest BCUT2D eigenvalue weighted by Gasteiger charge is -2.32. The molecule has 0 radical (unpaired) electrons. The summed E-state index contributed by atoms with van der Waals surface area (Å²) in [6.07, 6.45) is 1.49. The molecule has 1 aliphatic rings. The standard InChI is InChI=1S/C20H21NO3/c1-19(2,3)14-9-10-17-15(11-14)16(13-7-5-4-6-8-13)12-20(21,24-17)18(22)23/h4-12H,21H2,1-3H3,(H,22,23). The maximum absolute atomic E-state index is 11.6. The second kappa shape index (κ2) is 5.49. The van der Waals surface area contributed by atoms with Crippen LogP contribution < -0.4 is 10.5 Å². The number of aliphatic carboxylic acids is 1. The Kier molecular flexibility index (Phi) is 3.73. The van der Waals surface area contributed by atoms with Gasteiger partial charge in [0.05, 0.1) is 0 Å². The van der Waals surface area contributed by atoms with E-state index in [0.717, 1.165) is 22.3 Å². The third-order valence-corrected chi connectivity index (χ3v) is 4.19. The van der Waals surface area contributed by atoms with Crippen molar-refractivity contribution < 1.29 is 14.6 Å². The second-order valence-corrected chi connectivity index (χ2v) is 7.09. The zero-order chi connectivity index (χ0) is 17.5. The Morgan fingerprint density at radius 1 is 1.12 bits per heavy atom. The van der Waals surface area contributed by atoms with Crippen LogP contribution >= 0.6 is 0 Å². The van der Waals surface area contributed by atoms with Crippen molar-refractivity contribution in [1.82, 2.24) is 0 Å². The number of rotatable bonds is 2. The van der Waals surface area contributed by atoms with E-state index in [2.05, 4.69) is 26.8 Å². The molecule has 2 aromatic carbocycles. The van der Waals surface area contributed by atoms with Crippen molar-refractivity contribution in [3.8, 4) is 5.75 Å². The average Bonchev–Trinajstić information content (AvgIpc) is 2.53. The Morgan fingerprint density at radius 2 is 1.79 bits per heavy atom. The van der Waals surface area contributed by atoms with Crippen LogP contribution in [0.15, 0.2) is 54.6 Å². The summed E-state index contributed by atoms with van der Waals surface area (Å²) in [5, 5.41) is 9.48. The minimum absolute atomic E-state index is 0.0269. The zero-order valence-electron chi connectivity index (χ0n) is 14.0. The van der Waals surface area contributed by atoms with E-state index in [4.69, 9.17) is 10.5 Å². The van der Waals surface area contributed by atoms with Crippen molar-refractivity contribution in [3.63, 3.8) is 0 Å². The summed E-state index contributed by atoms with van der Waals surface area (Å²) in [6, 6.07) is 15.4. The van der Waals surface area contributed by atoms with Gasteiger partial charge in [0.1, 0.15) is 5.75 Å². The summed E-state index contributed by atoms with van der Waals surface area (Å²) in [4.78, 5) is 11.6. The van der Waals surface area contributed by atoms with Gasteiger partial charge in [-0.15, -0.1) is 0 Å². The van der Waals surface area contributed by atoms with Crippen molar-refractivity contribution in [2.45, 2.75) is 31.9 Å². The Morgan fingerprint density at radius 3 is 2.38 bits per heavy atom. The van der Waals surface area contributed by atoms with E-state index >= 15 is 0 Å². The van der Waals surface area contributed by atoms with Crippen molar-refractivity contribution in [2.24, 2.45) is 5.73 Å². The van der Waals surface area contributed by atoms with Gasteiger partial charge in [0.25, 0.3) is 5.72 Å². The topological polar surface area (TPSA) is 72.6 Å². The predicted molar refractivity (Wildman–Crippen MR) is 93.8 cm³/mol. The van der Waals surface area contributed by atoms with Crippen molar-refractivity contribution in [3.05, 3.63) is 71.3 Å². The largest absolute Gasteiger partial charge is 0.477 e. The van der Waals surface area contributed by atoms with Gasteiger partial charge in [-0.2, -0.15) is 0 Å². The number of nitrogens with two attached hydrogens (primary N) is 1. The highest BCUT2D eigenvalue weighted by Gasteiger charge is 2.39. The van der Waals surface area contributed by atoms with E-state index in [-0.39, 0.29) is 5.41 Å². The molecule has 1 heterocycles. The lowest BCUT2D eigenvalue weighted by molar-refractivity contribution is -0.150. The molecule has 3 N–H and O–H groups in total. The number of ether oxygens (including phenoxy) is 1. The van der Waals surface area contributed by atoms with Crippen LogP contribution in [-0.2, 0) is 10.2 Å². The van der Waals surface area contributed by atoms with E-state index < -0.39 is 11.7 Å². The predicted octanol–water partition coefficient (Wildman–Crippen LogP) is 3.55. The smallest absolute Gasteiger partial charge is 0.368 e. The Balaban J connectivity index is 2.23. The number of carbonyl (C=O) groups is 1. The fourth-order valence-corrected chi connectivity index (χ4v) is 2.76. The van der Waals surface area contributed by atoms with E-state index in [1.165, 1.54) is 6.08 Å². The molecule has 0 aliphatic carbocycles. The number of hydrogen-bond acceptors (Lipinski definition) is 3.